The molecule has 5 heteroatoms. The fourth-order valence-corrected chi connectivity index (χ4v) is 4.44. The molecule has 17 heavy (non-hydrogen) atoms. The maximum absolute atomic E-state index is 11.7. The number of nitrogens with two attached hydrogens (primary N) is 1. The number of nitrogens with zero attached hydrogens (tertiary/aromatic N) is 1. The Labute approximate surface area is 104 Å². The number of hydrogen-bond donors (Lipinski definition) is 1. The van der Waals surface area contributed by atoms with Crippen LogP contribution in [0.25, 0.3) is 0 Å². The van der Waals surface area contributed by atoms with Crippen molar-refractivity contribution in [3.8, 4) is 0 Å². The molecule has 2 fully saturated rings. The number of rotatable bonds is 2. The standard InChI is InChI=1S/C12H16N2O2S/c1-16-11(15)9-10(17-12(13)14-9)8-5-6-2-3-7(8)4-6/h6-8H,2-5H2,1H3,(H2,13,14). The predicted molar refractivity (Wildman–Crippen MR) is 66.1 cm³/mol. The molecular weight excluding hydrogens is 236 g/mol. The normalized spacial score (nSPS) is 30.8. The van der Waals surface area contributed by atoms with Crippen LogP contribution in [-0.2, 0) is 4.74 Å². The van der Waals surface area contributed by atoms with Gasteiger partial charge in [-0.3, -0.25) is 0 Å². The van der Waals surface area contributed by atoms with Crippen molar-refractivity contribution in [3.05, 3.63) is 10.6 Å². The van der Waals surface area contributed by atoms with Gasteiger partial charge in [0.2, 0.25) is 0 Å². The van der Waals surface area contributed by atoms with Crippen LogP contribution in [0.4, 0.5) is 5.13 Å². The summed E-state index contributed by atoms with van der Waals surface area (Å²) in [6.45, 7) is 0. The number of fused-ring (bicyclic) bond motifs is 2. The molecule has 2 saturated carbocycles. The minimum atomic E-state index is -0.351. The second kappa shape index (κ2) is 3.98. The SMILES string of the molecule is COC(=O)c1nc(N)sc1C1CC2CCC1C2. The quantitative estimate of drug-likeness (QED) is 0.821. The Hall–Kier alpha value is -1.10. The summed E-state index contributed by atoms with van der Waals surface area (Å²) < 4.78 is 4.78. The third kappa shape index (κ3) is 1.73. The molecule has 0 saturated heterocycles. The van der Waals surface area contributed by atoms with Gasteiger partial charge in [0.1, 0.15) is 0 Å². The van der Waals surface area contributed by atoms with Gasteiger partial charge >= 0.3 is 5.97 Å². The molecule has 4 nitrogen and oxygen atoms in total. The zero-order valence-electron chi connectivity index (χ0n) is 9.81. The van der Waals surface area contributed by atoms with Gasteiger partial charge in [-0.25, -0.2) is 9.78 Å². The second-order valence-electron chi connectivity index (χ2n) is 5.04. The molecule has 1 aromatic rings. The Kier molecular flexibility index (Phi) is 2.58. The fraction of sp³-hybridized carbons (Fsp3) is 0.667. The molecule has 1 aromatic heterocycles. The lowest BCUT2D eigenvalue weighted by molar-refractivity contribution is 0.0593. The summed E-state index contributed by atoms with van der Waals surface area (Å²) in [4.78, 5) is 16.9. The summed E-state index contributed by atoms with van der Waals surface area (Å²) >= 11 is 1.46. The lowest BCUT2D eigenvalue weighted by Crippen LogP contribution is -2.12. The highest BCUT2D eigenvalue weighted by Crippen LogP contribution is 2.54. The average molecular weight is 252 g/mol. The molecule has 0 amide bonds. The number of aromatic nitrogens is 1. The number of nitrogen functional groups attached to an aromatic ring is 1. The number of thiazole rings is 1. The Morgan fingerprint density at radius 2 is 2.29 bits per heavy atom. The van der Waals surface area contributed by atoms with Crippen molar-refractivity contribution >= 4 is 22.4 Å². The number of hydrogen-bond acceptors (Lipinski definition) is 5. The van der Waals surface area contributed by atoms with Crippen molar-refractivity contribution in [1.29, 1.82) is 0 Å². The Morgan fingerprint density at radius 1 is 1.47 bits per heavy atom. The van der Waals surface area contributed by atoms with E-state index in [4.69, 9.17) is 10.5 Å². The molecule has 1 heterocycles. The van der Waals surface area contributed by atoms with E-state index in [0.717, 1.165) is 16.7 Å². The molecule has 92 valence electrons. The molecule has 2 aliphatic carbocycles. The van der Waals surface area contributed by atoms with Gasteiger partial charge in [-0.1, -0.05) is 6.42 Å². The molecule has 2 N–H and O–H groups in total. The van der Waals surface area contributed by atoms with Crippen LogP contribution in [0.15, 0.2) is 0 Å². The van der Waals surface area contributed by atoms with E-state index >= 15 is 0 Å². The van der Waals surface area contributed by atoms with Crippen LogP contribution in [0.2, 0.25) is 0 Å². The summed E-state index contributed by atoms with van der Waals surface area (Å²) in [7, 11) is 1.39. The van der Waals surface area contributed by atoms with Gasteiger partial charge in [-0.2, -0.15) is 0 Å². The smallest absolute Gasteiger partial charge is 0.357 e. The first-order chi connectivity index (χ1) is 8.19. The number of methoxy groups -OCH3 is 1. The van der Waals surface area contributed by atoms with Crippen molar-refractivity contribution in [2.75, 3.05) is 12.8 Å². The van der Waals surface area contributed by atoms with E-state index in [1.165, 1.54) is 44.1 Å². The lowest BCUT2D eigenvalue weighted by Gasteiger charge is -2.20. The van der Waals surface area contributed by atoms with Crippen LogP contribution in [0.5, 0.6) is 0 Å². The van der Waals surface area contributed by atoms with Crippen molar-refractivity contribution in [3.63, 3.8) is 0 Å². The first kappa shape index (κ1) is 11.0. The maximum atomic E-state index is 11.7. The highest BCUT2D eigenvalue weighted by Gasteiger charge is 2.42. The van der Waals surface area contributed by atoms with Gasteiger partial charge in [-0.15, -0.1) is 11.3 Å². The Morgan fingerprint density at radius 3 is 2.88 bits per heavy atom. The third-order valence-electron chi connectivity index (χ3n) is 4.12. The number of carbonyl (C=O) groups excluding carboxylic acids is 1. The van der Waals surface area contributed by atoms with Gasteiger partial charge in [0.05, 0.1) is 7.11 Å². The number of carbonyl (C=O) groups is 1. The molecule has 3 atom stereocenters. The van der Waals surface area contributed by atoms with E-state index in [2.05, 4.69) is 4.98 Å². The number of esters is 1. The molecular formula is C12H16N2O2S. The maximum Gasteiger partial charge on any atom is 0.357 e. The average Bonchev–Trinajstić information content (AvgIpc) is 3.01. The predicted octanol–water partition coefficient (Wildman–Crippen LogP) is 2.42. The first-order valence-electron chi connectivity index (χ1n) is 6.03. The summed E-state index contributed by atoms with van der Waals surface area (Å²) in [5, 5.41) is 0.475. The van der Waals surface area contributed by atoms with Gasteiger partial charge in [0.25, 0.3) is 0 Å². The van der Waals surface area contributed by atoms with Crippen LogP contribution in [0.1, 0.15) is 47.0 Å². The van der Waals surface area contributed by atoms with Crippen LogP contribution in [-0.4, -0.2) is 18.1 Å². The van der Waals surface area contributed by atoms with Crippen molar-refractivity contribution in [2.24, 2.45) is 11.8 Å². The van der Waals surface area contributed by atoms with E-state index in [0.29, 0.717) is 16.7 Å². The Bertz CT molecular complexity index is 457. The van der Waals surface area contributed by atoms with E-state index in [1.807, 2.05) is 0 Å². The second-order valence-corrected chi connectivity index (χ2v) is 6.10. The van der Waals surface area contributed by atoms with Crippen LogP contribution in [0, 0.1) is 11.8 Å². The Balaban J connectivity index is 1.94. The zero-order valence-corrected chi connectivity index (χ0v) is 10.6. The first-order valence-corrected chi connectivity index (χ1v) is 6.85. The van der Waals surface area contributed by atoms with Gasteiger partial charge in [-0.05, 0) is 37.0 Å². The third-order valence-corrected chi connectivity index (χ3v) is 5.14. The molecule has 0 aliphatic heterocycles. The van der Waals surface area contributed by atoms with E-state index in [9.17, 15) is 4.79 Å². The molecule has 0 aromatic carbocycles. The highest BCUT2D eigenvalue weighted by atomic mass is 32.1. The molecule has 3 unspecified atom stereocenters. The minimum Gasteiger partial charge on any atom is -0.464 e. The monoisotopic (exact) mass is 252 g/mol. The van der Waals surface area contributed by atoms with Crippen LogP contribution >= 0.6 is 11.3 Å². The number of ether oxygens (including phenoxy) is 1. The molecule has 2 aliphatic rings. The van der Waals surface area contributed by atoms with Crippen LogP contribution in [0.3, 0.4) is 0 Å². The highest BCUT2D eigenvalue weighted by molar-refractivity contribution is 7.15. The van der Waals surface area contributed by atoms with E-state index in [-0.39, 0.29) is 5.97 Å². The summed E-state index contributed by atoms with van der Waals surface area (Å²) in [5.74, 6) is 1.70. The minimum absolute atomic E-state index is 0.351. The largest absolute Gasteiger partial charge is 0.464 e. The van der Waals surface area contributed by atoms with Crippen molar-refractivity contribution in [1.82, 2.24) is 4.98 Å². The van der Waals surface area contributed by atoms with Gasteiger partial charge in [0.15, 0.2) is 10.8 Å². The van der Waals surface area contributed by atoms with Gasteiger partial charge < -0.3 is 10.5 Å². The van der Waals surface area contributed by atoms with E-state index in [1.54, 1.807) is 0 Å². The van der Waals surface area contributed by atoms with Gasteiger partial charge in [0, 0.05) is 4.88 Å². The van der Waals surface area contributed by atoms with Crippen molar-refractivity contribution in [2.45, 2.75) is 31.6 Å². The molecule has 2 bridgehead atoms. The zero-order chi connectivity index (χ0) is 12.0. The molecule has 0 radical (unpaired) electrons. The van der Waals surface area contributed by atoms with Crippen molar-refractivity contribution < 1.29 is 9.53 Å². The topological polar surface area (TPSA) is 65.2 Å². The summed E-state index contributed by atoms with van der Waals surface area (Å²) in [5.41, 5.74) is 6.19. The molecule has 0 spiro atoms. The fourth-order valence-electron chi connectivity index (χ4n) is 3.41. The lowest BCUT2D eigenvalue weighted by atomic mass is 9.87. The summed E-state index contributed by atoms with van der Waals surface area (Å²) in [6.07, 6.45) is 5.14. The van der Waals surface area contributed by atoms with E-state index < -0.39 is 0 Å². The summed E-state index contributed by atoms with van der Waals surface area (Å²) in [6, 6.07) is 0. The van der Waals surface area contributed by atoms with Crippen LogP contribution < -0.4 is 5.73 Å². The molecule has 3 rings (SSSR count). The number of anilines is 1.